The van der Waals surface area contributed by atoms with Gasteiger partial charge in [0.05, 0.1) is 31.2 Å². The number of esters is 1. The highest BCUT2D eigenvalue weighted by molar-refractivity contribution is 5.99. The van der Waals surface area contributed by atoms with Gasteiger partial charge in [-0.1, -0.05) is 43.6 Å². The Balaban J connectivity index is 1.56. The maximum absolute atomic E-state index is 14.5. The van der Waals surface area contributed by atoms with E-state index in [0.29, 0.717) is 19.4 Å². The highest BCUT2D eigenvalue weighted by Gasteiger charge is 2.74. The summed E-state index contributed by atoms with van der Waals surface area (Å²) in [6.45, 7) is 3.60. The van der Waals surface area contributed by atoms with Crippen LogP contribution in [0, 0.1) is 11.8 Å². The zero-order valence-corrected chi connectivity index (χ0v) is 22.2. The molecular formula is C28H39N3O7. The predicted molar refractivity (Wildman–Crippen MR) is 136 cm³/mol. The molecule has 0 aromatic rings. The number of nitrogens with zero attached hydrogens (tertiary/aromatic N) is 2. The Morgan fingerprint density at radius 2 is 1.89 bits per heavy atom. The van der Waals surface area contributed by atoms with Gasteiger partial charge >= 0.3 is 5.97 Å². The van der Waals surface area contributed by atoms with Crippen molar-refractivity contribution in [3.05, 3.63) is 24.3 Å². The molecule has 0 radical (unpaired) electrons. The standard InChI is InChI=1S/C28H39N3O7/c1-17(16-32)31-24-26(35)30(19-9-5-3-6-10-19)14-8-4-7-11-21(33)29-15-18(2)37-27(36)22-20-12-13-28(24,38-20)23(22)25(31)34/h4,8,12-13,17-20,22-24,32H,3,5-7,9-11,14-16H2,1-2H3,(H,29,33)/b8-4-/t17-,18-,20+,22-,23-,24+,28-/m1/s1. The first-order valence-corrected chi connectivity index (χ1v) is 14.0. The summed E-state index contributed by atoms with van der Waals surface area (Å²) in [5, 5.41) is 12.9. The summed E-state index contributed by atoms with van der Waals surface area (Å²) in [6, 6.07) is -1.60. The molecule has 5 aliphatic rings. The molecule has 3 amide bonds. The molecule has 10 heteroatoms. The molecule has 0 aromatic heterocycles. The molecule has 10 nitrogen and oxygen atoms in total. The van der Waals surface area contributed by atoms with E-state index >= 15 is 0 Å². The van der Waals surface area contributed by atoms with Crippen LogP contribution >= 0.6 is 0 Å². The summed E-state index contributed by atoms with van der Waals surface area (Å²) >= 11 is 0. The van der Waals surface area contributed by atoms with Crippen LogP contribution in [0.2, 0.25) is 0 Å². The summed E-state index contributed by atoms with van der Waals surface area (Å²) in [5.74, 6) is -3.16. The number of fused-ring (bicyclic) bond motifs is 2. The highest BCUT2D eigenvalue weighted by atomic mass is 16.6. The van der Waals surface area contributed by atoms with Crippen LogP contribution in [-0.4, -0.2) is 94.2 Å². The average Bonchev–Trinajstić information content (AvgIpc) is 3.56. The summed E-state index contributed by atoms with van der Waals surface area (Å²) in [4.78, 5) is 57.5. The molecule has 5 rings (SSSR count). The second-order valence-electron chi connectivity index (χ2n) is 11.3. The van der Waals surface area contributed by atoms with E-state index in [9.17, 15) is 24.3 Å². The predicted octanol–water partition coefficient (Wildman–Crippen LogP) is 1.08. The topological polar surface area (TPSA) is 125 Å². The Morgan fingerprint density at radius 1 is 1.13 bits per heavy atom. The van der Waals surface area contributed by atoms with Crippen molar-refractivity contribution in [1.29, 1.82) is 0 Å². The summed E-state index contributed by atoms with van der Waals surface area (Å²) in [5.41, 5.74) is -1.30. The number of aliphatic hydroxyl groups excluding tert-OH is 1. The molecule has 2 N–H and O–H groups in total. The van der Waals surface area contributed by atoms with Gasteiger partial charge in [-0.15, -0.1) is 0 Å². The molecule has 0 unspecified atom stereocenters. The third-order valence-electron chi connectivity index (χ3n) is 8.77. The first kappa shape index (κ1) is 26.9. The van der Waals surface area contributed by atoms with Gasteiger partial charge in [0, 0.05) is 19.0 Å². The van der Waals surface area contributed by atoms with Crippen LogP contribution in [0.25, 0.3) is 0 Å². The van der Waals surface area contributed by atoms with Gasteiger partial charge in [0.1, 0.15) is 23.7 Å². The number of hydrogen-bond donors (Lipinski definition) is 2. The van der Waals surface area contributed by atoms with Gasteiger partial charge in [0.2, 0.25) is 17.7 Å². The van der Waals surface area contributed by atoms with Gasteiger partial charge in [0.15, 0.2) is 0 Å². The van der Waals surface area contributed by atoms with Gasteiger partial charge in [-0.25, -0.2) is 0 Å². The lowest BCUT2D eigenvalue weighted by atomic mass is 9.74. The highest BCUT2D eigenvalue weighted by Crippen LogP contribution is 2.56. The second-order valence-corrected chi connectivity index (χ2v) is 11.3. The molecule has 0 aromatic carbocycles. The van der Waals surface area contributed by atoms with Gasteiger partial charge in [-0.05, 0) is 33.1 Å². The molecule has 208 valence electrons. The van der Waals surface area contributed by atoms with E-state index < -0.39 is 47.7 Å². The normalized spacial score (nSPS) is 38.2. The SMILES string of the molecule is C[C@@H]1CNC(=O)CC/C=C\CN(C2CCCCC2)C(=O)[C@@H]2N([C@H](C)CO)C(=O)[C@H]3[C@H](C(=O)O1)[C@@H]1C=C[C@]23O1. The van der Waals surface area contributed by atoms with Crippen molar-refractivity contribution in [3.63, 3.8) is 0 Å². The number of nitrogens with one attached hydrogen (secondary N) is 1. The Kier molecular flexibility index (Phi) is 7.64. The van der Waals surface area contributed by atoms with Crippen LogP contribution in [-0.2, 0) is 28.7 Å². The Morgan fingerprint density at radius 3 is 2.63 bits per heavy atom. The van der Waals surface area contributed by atoms with Gasteiger partial charge < -0.3 is 29.7 Å². The van der Waals surface area contributed by atoms with E-state index in [1.807, 2.05) is 17.1 Å². The molecule has 4 aliphatic heterocycles. The number of amides is 3. The smallest absolute Gasteiger partial charge is 0.313 e. The van der Waals surface area contributed by atoms with Crippen molar-refractivity contribution < 1.29 is 33.8 Å². The molecule has 5 bridgehead atoms. The van der Waals surface area contributed by atoms with Crippen LogP contribution in [0.15, 0.2) is 24.3 Å². The van der Waals surface area contributed by atoms with Crippen molar-refractivity contribution in [2.45, 2.75) is 94.7 Å². The lowest BCUT2D eigenvalue weighted by Crippen LogP contribution is -2.59. The number of allylic oxidation sites excluding steroid dienone is 1. The third kappa shape index (κ3) is 4.55. The quantitative estimate of drug-likeness (QED) is 0.414. The fourth-order valence-electron chi connectivity index (χ4n) is 6.87. The van der Waals surface area contributed by atoms with Crippen molar-refractivity contribution >= 4 is 23.7 Å². The van der Waals surface area contributed by atoms with E-state index in [4.69, 9.17) is 9.47 Å². The largest absolute Gasteiger partial charge is 0.460 e. The minimum Gasteiger partial charge on any atom is -0.460 e. The number of rotatable bonds is 3. The maximum atomic E-state index is 14.5. The van der Waals surface area contributed by atoms with E-state index in [1.165, 1.54) is 4.90 Å². The maximum Gasteiger partial charge on any atom is 0.313 e. The van der Waals surface area contributed by atoms with E-state index in [2.05, 4.69) is 5.32 Å². The van der Waals surface area contributed by atoms with Gasteiger partial charge in [-0.2, -0.15) is 0 Å². The van der Waals surface area contributed by atoms with Crippen LogP contribution in [0.3, 0.4) is 0 Å². The molecule has 2 saturated heterocycles. The molecule has 1 spiro atoms. The van der Waals surface area contributed by atoms with Crippen molar-refractivity contribution in [2.75, 3.05) is 19.7 Å². The number of carbonyl (C=O) groups excluding carboxylic acids is 4. The first-order chi connectivity index (χ1) is 18.3. The van der Waals surface area contributed by atoms with Crippen molar-refractivity contribution in [2.24, 2.45) is 11.8 Å². The van der Waals surface area contributed by atoms with Crippen molar-refractivity contribution in [3.8, 4) is 0 Å². The Labute approximate surface area is 223 Å². The molecule has 3 fully saturated rings. The molecule has 1 saturated carbocycles. The zero-order chi connectivity index (χ0) is 27.0. The Hall–Kier alpha value is -2.72. The fraction of sp³-hybridized carbons (Fsp3) is 0.714. The lowest BCUT2D eigenvalue weighted by molar-refractivity contribution is -0.159. The van der Waals surface area contributed by atoms with Gasteiger partial charge in [-0.3, -0.25) is 19.2 Å². The average molecular weight is 530 g/mol. The molecule has 1 aliphatic carbocycles. The fourth-order valence-corrected chi connectivity index (χ4v) is 6.87. The summed E-state index contributed by atoms with van der Waals surface area (Å²) in [7, 11) is 0. The second kappa shape index (κ2) is 10.8. The monoisotopic (exact) mass is 529 g/mol. The number of likely N-dealkylation sites (tertiary alicyclic amines) is 1. The number of cyclic esters (lactones) is 1. The van der Waals surface area contributed by atoms with Gasteiger partial charge in [0.25, 0.3) is 0 Å². The molecule has 38 heavy (non-hydrogen) atoms. The van der Waals surface area contributed by atoms with Crippen molar-refractivity contribution in [1.82, 2.24) is 15.1 Å². The molecular weight excluding hydrogens is 490 g/mol. The molecule has 4 heterocycles. The number of carbonyl (C=O) groups is 4. The number of hydrogen-bond acceptors (Lipinski definition) is 7. The van der Waals surface area contributed by atoms with E-state index in [0.717, 1.165) is 32.1 Å². The summed E-state index contributed by atoms with van der Waals surface area (Å²) < 4.78 is 12.1. The third-order valence-corrected chi connectivity index (χ3v) is 8.77. The van der Waals surface area contributed by atoms with Crippen LogP contribution in [0.5, 0.6) is 0 Å². The van der Waals surface area contributed by atoms with E-state index in [-0.39, 0.29) is 36.9 Å². The van der Waals surface area contributed by atoms with E-state index in [1.54, 1.807) is 26.0 Å². The Bertz CT molecular complexity index is 1020. The van der Waals surface area contributed by atoms with Crippen LogP contribution in [0.4, 0.5) is 0 Å². The molecule has 7 atom stereocenters. The minimum absolute atomic E-state index is 0.0207. The zero-order valence-electron chi connectivity index (χ0n) is 22.2. The summed E-state index contributed by atoms with van der Waals surface area (Å²) in [6.07, 6.45) is 11.8. The van der Waals surface area contributed by atoms with Crippen LogP contribution < -0.4 is 5.32 Å². The first-order valence-electron chi connectivity index (χ1n) is 14.0. The number of aliphatic hydroxyl groups is 1. The number of ether oxygens (including phenoxy) is 2. The van der Waals surface area contributed by atoms with Crippen LogP contribution in [0.1, 0.15) is 58.8 Å². The lowest BCUT2D eigenvalue weighted by Gasteiger charge is -2.41. The minimum atomic E-state index is -1.30.